The minimum Gasteiger partial charge on any atom is -0.481 e. The average molecular weight is 613 g/mol. The molecule has 1 amide bonds. The fraction of sp³-hybridized carbons (Fsp3) is 0.310. The summed E-state index contributed by atoms with van der Waals surface area (Å²) in [6, 6.07) is 16.2. The van der Waals surface area contributed by atoms with Gasteiger partial charge in [0.2, 0.25) is 10.0 Å². The van der Waals surface area contributed by atoms with Crippen molar-refractivity contribution in [1.29, 1.82) is 0 Å². The molecule has 9 nitrogen and oxygen atoms in total. The van der Waals surface area contributed by atoms with E-state index < -0.39 is 16.0 Å². The Morgan fingerprint density at radius 2 is 1.80 bits per heavy atom. The summed E-state index contributed by atoms with van der Waals surface area (Å²) in [5.41, 5.74) is 2.53. The fourth-order valence-corrected chi connectivity index (χ4v) is 7.43. The van der Waals surface area contributed by atoms with E-state index in [-0.39, 0.29) is 23.8 Å². The van der Waals surface area contributed by atoms with Crippen LogP contribution in [0.5, 0.6) is 0 Å². The van der Waals surface area contributed by atoms with Gasteiger partial charge in [0.05, 0.1) is 15.5 Å². The van der Waals surface area contributed by atoms with E-state index in [1.165, 1.54) is 9.21 Å². The minimum atomic E-state index is -3.72. The molecule has 0 spiro atoms. The Labute approximate surface area is 249 Å². The smallest absolute Gasteiger partial charge is 0.303 e. The molecule has 1 aliphatic heterocycles. The molecule has 12 heteroatoms. The number of nitrogens with zero attached hydrogens (tertiary/aromatic N) is 4. The Morgan fingerprint density at radius 1 is 1.10 bits per heavy atom. The molecule has 0 aliphatic carbocycles. The summed E-state index contributed by atoms with van der Waals surface area (Å²) in [4.78, 5) is 26.1. The van der Waals surface area contributed by atoms with E-state index in [9.17, 15) is 18.0 Å². The number of sulfonamides is 1. The lowest BCUT2D eigenvalue weighted by Crippen LogP contribution is -2.32. The van der Waals surface area contributed by atoms with Gasteiger partial charge in [-0.3, -0.25) is 14.5 Å². The molecule has 1 saturated heterocycles. The molecule has 1 aliphatic rings. The molecule has 41 heavy (non-hydrogen) atoms. The van der Waals surface area contributed by atoms with Gasteiger partial charge >= 0.3 is 5.97 Å². The van der Waals surface area contributed by atoms with Crippen LogP contribution in [-0.4, -0.2) is 68.3 Å². The number of hydrogen-bond acceptors (Lipinski definition) is 7. The zero-order valence-corrected chi connectivity index (χ0v) is 25.3. The largest absolute Gasteiger partial charge is 0.481 e. The third-order valence-electron chi connectivity index (χ3n) is 6.39. The topological polar surface area (TPSA) is 113 Å². The number of carboxylic acid groups (broad SMARTS) is 1. The predicted molar refractivity (Wildman–Crippen MR) is 165 cm³/mol. The van der Waals surface area contributed by atoms with E-state index in [1.54, 1.807) is 41.2 Å². The number of aliphatic carboxylic acids is 1. The normalized spacial score (nSPS) is 14.9. The molecule has 4 rings (SSSR count). The second-order valence-corrected chi connectivity index (χ2v) is 13.1. The van der Waals surface area contributed by atoms with Crippen LogP contribution in [0.4, 0.5) is 0 Å². The van der Waals surface area contributed by atoms with Gasteiger partial charge in [-0.2, -0.15) is 9.40 Å². The summed E-state index contributed by atoms with van der Waals surface area (Å²) in [6.45, 7) is 4.99. The van der Waals surface area contributed by atoms with Crippen molar-refractivity contribution in [3.05, 3.63) is 71.3 Å². The molecule has 1 N–H and O–H groups in total. The first-order valence-corrected chi connectivity index (χ1v) is 16.0. The summed E-state index contributed by atoms with van der Waals surface area (Å²) in [5, 5.41) is 13.7. The van der Waals surface area contributed by atoms with Gasteiger partial charge in [-0.05, 0) is 49.6 Å². The van der Waals surface area contributed by atoms with Crippen molar-refractivity contribution in [3.63, 3.8) is 0 Å². The molecule has 0 saturated carbocycles. The monoisotopic (exact) mass is 612 g/mol. The fourth-order valence-electron chi connectivity index (χ4n) is 4.46. The molecule has 0 unspecified atom stereocenters. The maximum Gasteiger partial charge on any atom is 0.303 e. The number of carboxylic acids is 1. The molecule has 1 fully saturated rings. The maximum absolute atomic E-state index is 13.5. The van der Waals surface area contributed by atoms with Crippen LogP contribution in [0.15, 0.2) is 70.6 Å². The van der Waals surface area contributed by atoms with Crippen molar-refractivity contribution in [1.82, 2.24) is 19.0 Å². The molecule has 1 aromatic heterocycles. The minimum absolute atomic E-state index is 0.0582. The lowest BCUT2D eigenvalue weighted by Gasteiger charge is -2.21. The number of benzene rings is 2. The highest BCUT2D eigenvalue weighted by atomic mass is 32.2. The van der Waals surface area contributed by atoms with Gasteiger partial charge in [0.15, 0.2) is 0 Å². The van der Waals surface area contributed by atoms with Crippen molar-refractivity contribution in [2.24, 2.45) is 0 Å². The third kappa shape index (κ3) is 7.13. The highest BCUT2D eigenvalue weighted by Gasteiger charge is 2.32. The third-order valence-corrected chi connectivity index (χ3v) is 9.66. The van der Waals surface area contributed by atoms with Crippen molar-refractivity contribution in [2.45, 2.75) is 44.4 Å². The zero-order chi connectivity index (χ0) is 29.6. The summed E-state index contributed by atoms with van der Waals surface area (Å²) >= 11 is 6.56. The van der Waals surface area contributed by atoms with Crippen molar-refractivity contribution < 1.29 is 23.1 Å². The highest BCUT2D eigenvalue weighted by Crippen LogP contribution is 2.35. The Balaban J connectivity index is 1.75. The highest BCUT2D eigenvalue weighted by molar-refractivity contribution is 8.26. The molecular weight excluding hydrogens is 581 g/mol. The zero-order valence-electron chi connectivity index (χ0n) is 22.9. The number of rotatable bonds is 13. The van der Waals surface area contributed by atoms with Crippen LogP contribution in [0.3, 0.4) is 0 Å². The number of thiocarbonyl (C=S) groups is 1. The van der Waals surface area contributed by atoms with E-state index in [2.05, 4.69) is 0 Å². The molecular formula is C29H32N4O5S3. The average Bonchev–Trinajstić information content (AvgIpc) is 3.49. The SMILES string of the molecule is CCCN(CCC)S(=O)(=O)c1cccc(-c2nn(-c3ccccc3)cc2C=C2SC(=S)N(CCCC(=O)O)C2=O)c1. The van der Waals surface area contributed by atoms with Gasteiger partial charge < -0.3 is 5.11 Å². The van der Waals surface area contributed by atoms with Crippen LogP contribution in [-0.2, 0) is 19.6 Å². The molecule has 2 heterocycles. The Bertz CT molecular complexity index is 1560. The quantitative estimate of drug-likeness (QED) is 0.201. The second-order valence-electron chi connectivity index (χ2n) is 9.48. The molecule has 2 aromatic carbocycles. The summed E-state index contributed by atoms with van der Waals surface area (Å²) in [6.07, 6.45) is 5.15. The number of amides is 1. The molecule has 0 atom stereocenters. The van der Waals surface area contributed by atoms with Gasteiger partial charge in [0.1, 0.15) is 10.0 Å². The van der Waals surface area contributed by atoms with E-state index >= 15 is 0 Å². The van der Waals surface area contributed by atoms with Crippen LogP contribution >= 0.6 is 24.0 Å². The number of para-hydroxylation sites is 1. The first kappa shape index (κ1) is 30.6. The lowest BCUT2D eigenvalue weighted by molar-refractivity contribution is -0.137. The lowest BCUT2D eigenvalue weighted by atomic mass is 10.1. The number of carbonyl (C=O) groups is 2. The number of thioether (sulfide) groups is 1. The number of aromatic nitrogens is 2. The van der Waals surface area contributed by atoms with Crippen molar-refractivity contribution in [2.75, 3.05) is 19.6 Å². The van der Waals surface area contributed by atoms with E-state index in [4.69, 9.17) is 22.4 Å². The predicted octanol–water partition coefficient (Wildman–Crippen LogP) is 5.42. The van der Waals surface area contributed by atoms with Crippen molar-refractivity contribution >= 4 is 56.3 Å². The van der Waals surface area contributed by atoms with Gasteiger partial charge in [-0.15, -0.1) is 0 Å². The van der Waals surface area contributed by atoms with Crippen LogP contribution in [0, 0.1) is 0 Å². The summed E-state index contributed by atoms with van der Waals surface area (Å²) in [7, 11) is -3.72. The van der Waals surface area contributed by atoms with Gasteiger partial charge in [0, 0.05) is 43.4 Å². The van der Waals surface area contributed by atoms with Gasteiger partial charge in [-0.25, -0.2) is 13.1 Å². The molecule has 3 aromatic rings. The summed E-state index contributed by atoms with van der Waals surface area (Å²) in [5.74, 6) is -1.23. The van der Waals surface area contributed by atoms with Crippen LogP contribution in [0.25, 0.3) is 23.0 Å². The van der Waals surface area contributed by atoms with E-state index in [0.29, 0.717) is 58.4 Å². The Hall–Kier alpha value is -3.32. The van der Waals surface area contributed by atoms with Crippen molar-refractivity contribution in [3.8, 4) is 16.9 Å². The number of hydrogen-bond donors (Lipinski definition) is 1. The van der Waals surface area contributed by atoms with Gasteiger partial charge in [-0.1, -0.05) is 68.2 Å². The number of carbonyl (C=O) groups excluding carboxylic acids is 1. The van der Waals surface area contributed by atoms with Gasteiger partial charge in [0.25, 0.3) is 5.91 Å². The summed E-state index contributed by atoms with van der Waals surface area (Å²) < 4.78 is 30.6. The second kappa shape index (κ2) is 13.6. The van der Waals surface area contributed by atoms with Crippen LogP contribution in [0.1, 0.15) is 45.1 Å². The Kier molecular flexibility index (Phi) is 10.1. The first-order chi connectivity index (χ1) is 19.6. The molecule has 216 valence electrons. The van der Waals surface area contributed by atoms with E-state index in [0.717, 1.165) is 17.4 Å². The Morgan fingerprint density at radius 3 is 2.46 bits per heavy atom. The van der Waals surface area contributed by atoms with Crippen LogP contribution < -0.4 is 0 Å². The van der Waals surface area contributed by atoms with Crippen LogP contribution in [0.2, 0.25) is 0 Å². The maximum atomic E-state index is 13.5. The first-order valence-electron chi connectivity index (χ1n) is 13.4. The molecule has 0 radical (unpaired) electrons. The van der Waals surface area contributed by atoms with E-state index in [1.807, 2.05) is 44.2 Å². The molecule has 0 bridgehead atoms. The standard InChI is InChI=1S/C29H32N4O5S3/c1-3-15-31(16-4-2)41(37,38)24-13-8-10-21(18-24)27-22(20-33(30-27)23-11-6-5-7-12-23)19-25-28(36)32(29(39)40-25)17-9-14-26(34)35/h5-8,10-13,18-20H,3-4,9,14-17H2,1-2H3,(H,34,35).